The van der Waals surface area contributed by atoms with Gasteiger partial charge in [0.15, 0.2) is 5.96 Å². The number of hydrogen-bond acceptors (Lipinski definition) is 5. The van der Waals surface area contributed by atoms with Crippen LogP contribution < -0.4 is 5.32 Å². The van der Waals surface area contributed by atoms with Crippen LogP contribution in [0.1, 0.15) is 29.7 Å². The molecule has 0 amide bonds. The number of aromatic nitrogens is 1. The van der Waals surface area contributed by atoms with Gasteiger partial charge in [0, 0.05) is 45.3 Å². The van der Waals surface area contributed by atoms with Crippen LogP contribution in [0.4, 0.5) is 0 Å². The highest BCUT2D eigenvalue weighted by Crippen LogP contribution is 2.61. The Morgan fingerprint density at radius 2 is 2.03 bits per heavy atom. The number of rotatable bonds is 6. The fourth-order valence-corrected chi connectivity index (χ4v) is 6.54. The number of nitrogens with zero attached hydrogens (tertiary/aromatic N) is 4. The molecule has 1 aliphatic heterocycles. The van der Waals surface area contributed by atoms with Crippen molar-refractivity contribution < 1.29 is 12.9 Å². The molecule has 8 nitrogen and oxygen atoms in total. The third-order valence-electron chi connectivity index (χ3n) is 6.74. The predicted octanol–water partition coefficient (Wildman–Crippen LogP) is 1.67. The summed E-state index contributed by atoms with van der Waals surface area (Å²) in [7, 11) is -3.40. The third-order valence-corrected chi connectivity index (χ3v) is 8.55. The number of piperazine rings is 1. The summed E-state index contributed by atoms with van der Waals surface area (Å²) in [5.74, 6) is 2.81. The quantitative estimate of drug-likeness (QED) is 0.540. The molecule has 5 rings (SSSR count). The molecular formula is C22H29N5O3S. The number of nitrogens with one attached hydrogen (secondary N) is 1. The molecule has 1 saturated carbocycles. The minimum absolute atomic E-state index is 0.121. The van der Waals surface area contributed by atoms with Crippen LogP contribution >= 0.6 is 0 Å². The molecule has 9 heteroatoms. The Morgan fingerprint density at radius 3 is 2.77 bits per heavy atom. The number of benzene rings is 1. The first kappa shape index (κ1) is 20.5. The summed E-state index contributed by atoms with van der Waals surface area (Å²) in [6.07, 6.45) is 2.58. The van der Waals surface area contributed by atoms with Crippen LogP contribution in [-0.4, -0.2) is 68.0 Å². The maximum absolute atomic E-state index is 12.7. The van der Waals surface area contributed by atoms with Gasteiger partial charge >= 0.3 is 0 Å². The van der Waals surface area contributed by atoms with Crippen molar-refractivity contribution in [3.8, 4) is 0 Å². The van der Waals surface area contributed by atoms with Crippen molar-refractivity contribution in [3.63, 3.8) is 0 Å². The van der Waals surface area contributed by atoms with Gasteiger partial charge in [0.25, 0.3) is 0 Å². The topological polar surface area (TPSA) is 91.0 Å². The Hall–Kier alpha value is -2.39. The molecule has 0 radical (unpaired) electrons. The van der Waals surface area contributed by atoms with Gasteiger partial charge in [-0.25, -0.2) is 8.42 Å². The largest absolute Gasteiger partial charge is 0.364 e. The Kier molecular flexibility index (Phi) is 5.47. The first-order valence-corrected chi connectivity index (χ1v) is 12.7. The van der Waals surface area contributed by atoms with E-state index in [0.717, 1.165) is 25.0 Å². The molecule has 1 saturated heterocycles. The van der Waals surface area contributed by atoms with Crippen molar-refractivity contribution in [1.29, 1.82) is 0 Å². The second-order valence-corrected chi connectivity index (χ2v) is 10.6. The van der Waals surface area contributed by atoms with Crippen LogP contribution in [-0.2, 0) is 22.2 Å². The summed E-state index contributed by atoms with van der Waals surface area (Å²) in [4.78, 5) is 7.12. The van der Waals surface area contributed by atoms with Gasteiger partial charge in [-0.15, -0.1) is 0 Å². The monoisotopic (exact) mass is 443 g/mol. The van der Waals surface area contributed by atoms with Gasteiger partial charge in [0.05, 0.1) is 5.69 Å². The lowest BCUT2D eigenvalue weighted by Gasteiger charge is -2.35. The Labute approximate surface area is 183 Å². The van der Waals surface area contributed by atoms with Gasteiger partial charge in [-0.1, -0.05) is 29.4 Å². The van der Waals surface area contributed by atoms with E-state index in [1.54, 1.807) is 10.4 Å². The van der Waals surface area contributed by atoms with Crippen LogP contribution in [0.3, 0.4) is 0 Å². The van der Waals surface area contributed by atoms with Gasteiger partial charge in [-0.3, -0.25) is 4.99 Å². The summed E-state index contributed by atoms with van der Waals surface area (Å²) in [6, 6.07) is 10.4. The number of sulfonamides is 1. The highest BCUT2D eigenvalue weighted by molar-refractivity contribution is 7.88. The zero-order valence-corrected chi connectivity index (χ0v) is 18.6. The predicted molar refractivity (Wildman–Crippen MR) is 118 cm³/mol. The van der Waals surface area contributed by atoms with Crippen molar-refractivity contribution in [2.75, 3.05) is 39.3 Å². The number of hydrogen-bond donors (Lipinski definition) is 1. The van der Waals surface area contributed by atoms with Crippen molar-refractivity contribution in [2.24, 2.45) is 16.8 Å². The third kappa shape index (κ3) is 4.08. The normalized spacial score (nSPS) is 25.9. The molecule has 2 fully saturated rings. The van der Waals surface area contributed by atoms with Crippen LogP contribution in [0.25, 0.3) is 0 Å². The summed E-state index contributed by atoms with van der Waals surface area (Å²) < 4.78 is 31.6. The van der Waals surface area contributed by atoms with Crippen molar-refractivity contribution in [3.05, 3.63) is 53.4 Å². The highest BCUT2D eigenvalue weighted by Gasteiger charge is 2.55. The van der Waals surface area contributed by atoms with Crippen LogP contribution in [0.15, 0.2) is 46.1 Å². The van der Waals surface area contributed by atoms with Gasteiger partial charge in [-0.2, -0.15) is 4.31 Å². The lowest BCUT2D eigenvalue weighted by Crippen LogP contribution is -2.54. The van der Waals surface area contributed by atoms with E-state index in [9.17, 15) is 8.42 Å². The molecule has 3 atom stereocenters. The number of fused-ring (bicyclic) bond motifs is 3. The van der Waals surface area contributed by atoms with Gasteiger partial charge in [-0.05, 0) is 42.2 Å². The Bertz CT molecular complexity index is 1040. The van der Waals surface area contributed by atoms with E-state index in [0.29, 0.717) is 43.7 Å². The maximum Gasteiger partial charge on any atom is 0.220 e. The molecule has 2 aliphatic carbocycles. The smallest absolute Gasteiger partial charge is 0.220 e. The standard InChI is InChI=1S/C22H29N5O3S/c1-2-23-22(24-14-20-19-13-16-5-3-4-6-18(16)21(19)20)26-8-10-27(11-9-26)31(28,29)15-17-7-12-30-25-17/h3-7,12,19-21H,2,8-11,13-15H2,1H3,(H,23,24). The van der Waals surface area contributed by atoms with Crippen LogP contribution in [0.2, 0.25) is 0 Å². The molecule has 1 N–H and O–H groups in total. The van der Waals surface area contributed by atoms with E-state index < -0.39 is 10.0 Å². The van der Waals surface area contributed by atoms with Crippen LogP contribution in [0.5, 0.6) is 0 Å². The molecule has 0 bridgehead atoms. The maximum atomic E-state index is 12.7. The molecule has 166 valence electrons. The molecular weight excluding hydrogens is 414 g/mol. The average molecular weight is 444 g/mol. The minimum atomic E-state index is -3.40. The van der Waals surface area contributed by atoms with E-state index in [4.69, 9.17) is 9.52 Å². The molecule has 1 aromatic heterocycles. The Morgan fingerprint density at radius 1 is 1.23 bits per heavy atom. The number of aliphatic imine (C=N–C) groups is 1. The second kappa shape index (κ2) is 8.27. The van der Waals surface area contributed by atoms with Crippen molar-refractivity contribution in [1.82, 2.24) is 19.7 Å². The van der Waals surface area contributed by atoms with E-state index in [1.807, 2.05) is 0 Å². The SMILES string of the molecule is CCNC(=NCC1C2Cc3ccccc3C12)N1CCN(S(=O)(=O)Cc2ccon2)CC1. The summed E-state index contributed by atoms with van der Waals surface area (Å²) in [5.41, 5.74) is 3.46. The molecule has 0 spiro atoms. The molecule has 2 heterocycles. The minimum Gasteiger partial charge on any atom is -0.364 e. The van der Waals surface area contributed by atoms with Crippen molar-refractivity contribution in [2.45, 2.75) is 25.0 Å². The molecule has 31 heavy (non-hydrogen) atoms. The summed E-state index contributed by atoms with van der Waals surface area (Å²) >= 11 is 0. The number of guanidine groups is 1. The second-order valence-electron chi connectivity index (χ2n) is 8.58. The van der Waals surface area contributed by atoms with Gasteiger partial charge in [0.2, 0.25) is 10.0 Å². The van der Waals surface area contributed by atoms with Gasteiger partial charge < -0.3 is 14.7 Å². The first-order chi connectivity index (χ1) is 15.1. The van der Waals surface area contributed by atoms with E-state index in [2.05, 4.69) is 46.6 Å². The first-order valence-electron chi connectivity index (χ1n) is 11.0. The zero-order valence-electron chi connectivity index (χ0n) is 17.8. The van der Waals surface area contributed by atoms with Gasteiger partial charge in [0.1, 0.15) is 12.0 Å². The average Bonchev–Trinajstić information content (AvgIpc) is 3.09. The fourth-order valence-electron chi connectivity index (χ4n) is 5.12. The summed E-state index contributed by atoms with van der Waals surface area (Å²) in [6.45, 7) is 5.85. The van der Waals surface area contributed by atoms with E-state index >= 15 is 0 Å². The lowest BCUT2D eigenvalue weighted by molar-refractivity contribution is 0.259. The van der Waals surface area contributed by atoms with Crippen LogP contribution in [0, 0.1) is 11.8 Å². The molecule has 1 aromatic carbocycles. The zero-order chi connectivity index (χ0) is 21.4. The lowest BCUT2D eigenvalue weighted by atomic mass is 10.0. The Balaban J connectivity index is 1.18. The summed E-state index contributed by atoms with van der Waals surface area (Å²) in [5, 5.41) is 7.12. The van der Waals surface area contributed by atoms with E-state index in [1.165, 1.54) is 23.8 Å². The molecule has 3 aliphatic rings. The van der Waals surface area contributed by atoms with Crippen molar-refractivity contribution >= 4 is 16.0 Å². The molecule has 2 aromatic rings. The fraction of sp³-hybridized carbons (Fsp3) is 0.545. The molecule has 3 unspecified atom stereocenters. The van der Waals surface area contributed by atoms with E-state index in [-0.39, 0.29) is 5.75 Å². The highest BCUT2D eigenvalue weighted by atomic mass is 32.2.